The van der Waals surface area contributed by atoms with Crippen LogP contribution in [0, 0.1) is 22.2 Å². The Morgan fingerprint density at radius 2 is 2.09 bits per heavy atom. The Hall–Kier alpha value is -1.32. The molecule has 4 aliphatic rings. The Labute approximate surface area is 138 Å². The van der Waals surface area contributed by atoms with Gasteiger partial charge in [-0.2, -0.15) is 0 Å². The number of ether oxygens (including phenoxy) is 2. The van der Waals surface area contributed by atoms with Gasteiger partial charge in [-0.3, -0.25) is 4.79 Å². The van der Waals surface area contributed by atoms with Crippen LogP contribution in [0.15, 0.2) is 12.2 Å². The Morgan fingerprint density at radius 1 is 1.39 bits per heavy atom. The summed E-state index contributed by atoms with van der Waals surface area (Å²) in [7, 11) is 0. The van der Waals surface area contributed by atoms with Crippen molar-refractivity contribution in [3.8, 4) is 0 Å². The number of carbonyl (C=O) groups excluding carboxylic acids is 2. The normalized spacial score (nSPS) is 42.1. The first-order valence-corrected chi connectivity index (χ1v) is 8.66. The van der Waals surface area contributed by atoms with Crippen LogP contribution >= 0.6 is 0 Å². The van der Waals surface area contributed by atoms with Crippen molar-refractivity contribution in [2.24, 2.45) is 22.2 Å². The lowest BCUT2D eigenvalue weighted by Crippen LogP contribution is -2.63. The number of hydrogen-bond acceptors (Lipinski definition) is 4. The molecule has 0 aromatic rings. The van der Waals surface area contributed by atoms with E-state index in [-0.39, 0.29) is 34.3 Å². The van der Waals surface area contributed by atoms with Gasteiger partial charge in [0.2, 0.25) is 0 Å². The molecule has 1 saturated heterocycles. The Morgan fingerprint density at radius 3 is 2.61 bits per heavy atom. The van der Waals surface area contributed by atoms with Crippen molar-refractivity contribution in [1.82, 2.24) is 0 Å². The maximum atomic E-state index is 12.1. The topological polar surface area (TPSA) is 52.6 Å². The largest absolute Gasteiger partial charge is 0.465 e. The lowest BCUT2D eigenvalue weighted by atomic mass is 9.39. The standard InChI is InChI=1S/C19H28O4/c1-12(2)16(21)23-14-8-19(13(3)4)7-6-17(14,5)10-18(19)9-15(20)22-11-18/h13-14H,1,6-11H2,2-5H3. The third-order valence-electron chi connectivity index (χ3n) is 6.96. The van der Waals surface area contributed by atoms with E-state index < -0.39 is 0 Å². The molecule has 1 aliphatic heterocycles. The van der Waals surface area contributed by atoms with Crippen LogP contribution in [0.2, 0.25) is 0 Å². The van der Waals surface area contributed by atoms with Crippen molar-refractivity contribution in [2.75, 3.05) is 6.61 Å². The van der Waals surface area contributed by atoms with Crippen LogP contribution in [0.5, 0.6) is 0 Å². The first-order chi connectivity index (χ1) is 10.6. The fraction of sp³-hybridized carbons (Fsp3) is 0.789. The molecule has 3 saturated carbocycles. The lowest BCUT2D eigenvalue weighted by Gasteiger charge is -2.65. The van der Waals surface area contributed by atoms with Gasteiger partial charge in [0.15, 0.2) is 0 Å². The molecule has 1 heterocycles. The summed E-state index contributed by atoms with van der Waals surface area (Å²) >= 11 is 0. The first-order valence-electron chi connectivity index (χ1n) is 8.66. The van der Waals surface area contributed by atoms with Crippen LogP contribution in [0.3, 0.4) is 0 Å². The van der Waals surface area contributed by atoms with E-state index in [4.69, 9.17) is 9.47 Å². The minimum absolute atomic E-state index is 0.0109. The molecule has 4 nitrogen and oxygen atoms in total. The highest BCUT2D eigenvalue weighted by Gasteiger charge is 2.68. The van der Waals surface area contributed by atoms with Gasteiger partial charge >= 0.3 is 11.9 Å². The van der Waals surface area contributed by atoms with E-state index >= 15 is 0 Å². The number of carbonyl (C=O) groups is 2. The molecule has 0 aromatic heterocycles. The summed E-state index contributed by atoms with van der Waals surface area (Å²) < 4.78 is 11.2. The third kappa shape index (κ3) is 2.25. The molecule has 0 amide bonds. The Bertz CT molecular complexity index is 566. The summed E-state index contributed by atoms with van der Waals surface area (Å²) in [4.78, 5) is 24.0. The second-order valence-corrected chi connectivity index (χ2v) is 8.64. The molecule has 1 spiro atoms. The molecular formula is C19H28O4. The molecule has 4 unspecified atom stereocenters. The van der Waals surface area contributed by atoms with Gasteiger partial charge in [-0.05, 0) is 43.9 Å². The molecule has 0 radical (unpaired) electrons. The molecule has 23 heavy (non-hydrogen) atoms. The van der Waals surface area contributed by atoms with Crippen molar-refractivity contribution in [2.45, 2.75) is 65.9 Å². The molecule has 4 rings (SSSR count). The maximum Gasteiger partial charge on any atom is 0.333 e. The number of cyclic esters (lactones) is 1. The maximum absolute atomic E-state index is 12.1. The smallest absolute Gasteiger partial charge is 0.333 e. The summed E-state index contributed by atoms with van der Waals surface area (Å²) in [6, 6.07) is 0. The predicted molar refractivity (Wildman–Crippen MR) is 86.5 cm³/mol. The third-order valence-corrected chi connectivity index (χ3v) is 6.96. The second-order valence-electron chi connectivity index (χ2n) is 8.64. The fourth-order valence-corrected chi connectivity index (χ4v) is 5.56. The summed E-state index contributed by atoms with van der Waals surface area (Å²) in [5.41, 5.74) is 0.298. The first kappa shape index (κ1) is 16.5. The minimum Gasteiger partial charge on any atom is -0.465 e. The Kier molecular flexibility index (Phi) is 3.66. The molecule has 2 bridgehead atoms. The number of fused-ring (bicyclic) bond motifs is 2. The monoisotopic (exact) mass is 320 g/mol. The van der Waals surface area contributed by atoms with E-state index in [1.807, 2.05) is 0 Å². The number of esters is 2. The summed E-state index contributed by atoms with van der Waals surface area (Å²) in [6.07, 6.45) is 4.27. The summed E-state index contributed by atoms with van der Waals surface area (Å²) in [5, 5.41) is 0. The molecule has 0 N–H and O–H groups in total. The van der Waals surface area contributed by atoms with Crippen molar-refractivity contribution in [3.05, 3.63) is 12.2 Å². The van der Waals surface area contributed by atoms with E-state index in [1.165, 1.54) is 0 Å². The molecular weight excluding hydrogens is 292 g/mol. The van der Waals surface area contributed by atoms with Crippen molar-refractivity contribution >= 4 is 11.9 Å². The van der Waals surface area contributed by atoms with E-state index in [2.05, 4.69) is 27.4 Å². The van der Waals surface area contributed by atoms with E-state index in [0.29, 0.717) is 24.5 Å². The van der Waals surface area contributed by atoms with Gasteiger partial charge in [-0.15, -0.1) is 0 Å². The van der Waals surface area contributed by atoms with Gasteiger partial charge in [-0.1, -0.05) is 27.4 Å². The van der Waals surface area contributed by atoms with Crippen molar-refractivity contribution in [1.29, 1.82) is 0 Å². The molecule has 128 valence electrons. The number of hydrogen-bond donors (Lipinski definition) is 0. The molecule has 3 aliphatic carbocycles. The highest BCUT2D eigenvalue weighted by atomic mass is 16.5. The average molecular weight is 320 g/mol. The molecule has 0 aromatic carbocycles. The highest BCUT2D eigenvalue weighted by Crippen LogP contribution is 2.70. The predicted octanol–water partition coefficient (Wildman–Crippen LogP) is 3.64. The summed E-state index contributed by atoms with van der Waals surface area (Å²) in [5.74, 6) is 0.0556. The highest BCUT2D eigenvalue weighted by molar-refractivity contribution is 5.87. The van der Waals surface area contributed by atoms with Gasteiger partial charge in [0, 0.05) is 16.4 Å². The van der Waals surface area contributed by atoms with E-state index in [0.717, 1.165) is 25.7 Å². The average Bonchev–Trinajstić information content (AvgIpc) is 2.81. The van der Waals surface area contributed by atoms with Gasteiger partial charge in [-0.25, -0.2) is 4.79 Å². The summed E-state index contributed by atoms with van der Waals surface area (Å²) in [6.45, 7) is 12.6. The number of rotatable bonds is 3. The molecule has 4 fully saturated rings. The van der Waals surface area contributed by atoms with Crippen molar-refractivity contribution < 1.29 is 19.1 Å². The van der Waals surface area contributed by atoms with Crippen LogP contribution in [0.25, 0.3) is 0 Å². The zero-order valence-corrected chi connectivity index (χ0v) is 14.7. The van der Waals surface area contributed by atoms with Crippen LogP contribution in [-0.4, -0.2) is 24.6 Å². The van der Waals surface area contributed by atoms with Gasteiger partial charge < -0.3 is 9.47 Å². The zero-order chi connectivity index (χ0) is 17.0. The van der Waals surface area contributed by atoms with Gasteiger partial charge in [0.05, 0.1) is 13.0 Å². The molecule has 4 heteroatoms. The second kappa shape index (κ2) is 5.09. The van der Waals surface area contributed by atoms with E-state index in [1.54, 1.807) is 6.92 Å². The SMILES string of the molecule is C=C(C)C(=O)OC1CC2(C(C)C)CCC1(C)CC21COC(=O)C1. The van der Waals surface area contributed by atoms with Gasteiger partial charge in [0.25, 0.3) is 0 Å². The van der Waals surface area contributed by atoms with Crippen LogP contribution < -0.4 is 0 Å². The Balaban J connectivity index is 1.95. The van der Waals surface area contributed by atoms with Gasteiger partial charge in [0.1, 0.15) is 6.10 Å². The van der Waals surface area contributed by atoms with Crippen LogP contribution in [-0.2, 0) is 19.1 Å². The fourth-order valence-electron chi connectivity index (χ4n) is 5.56. The lowest BCUT2D eigenvalue weighted by molar-refractivity contribution is -0.219. The van der Waals surface area contributed by atoms with Crippen LogP contribution in [0.1, 0.15) is 59.8 Å². The van der Waals surface area contributed by atoms with Crippen LogP contribution in [0.4, 0.5) is 0 Å². The van der Waals surface area contributed by atoms with Crippen molar-refractivity contribution in [3.63, 3.8) is 0 Å². The molecule has 4 atom stereocenters. The minimum atomic E-state index is -0.296. The quantitative estimate of drug-likeness (QED) is 0.588. The zero-order valence-electron chi connectivity index (χ0n) is 14.7. The van der Waals surface area contributed by atoms with E-state index in [9.17, 15) is 9.59 Å².